The van der Waals surface area contributed by atoms with Crippen molar-refractivity contribution in [3.63, 3.8) is 0 Å². The Labute approximate surface area is 164 Å². The first kappa shape index (κ1) is 18.4. The zero-order chi connectivity index (χ0) is 20.1. The lowest BCUT2D eigenvalue weighted by Crippen LogP contribution is -2.40. The Morgan fingerprint density at radius 1 is 1.39 bits per heavy atom. The molecule has 0 unspecified atom stereocenters. The van der Waals surface area contributed by atoms with Crippen LogP contribution in [0.3, 0.4) is 0 Å². The third kappa shape index (κ3) is 3.69. The summed E-state index contributed by atoms with van der Waals surface area (Å²) in [6.07, 6.45) is 14.0. The first-order valence-electron chi connectivity index (χ1n) is 9.44. The van der Waals surface area contributed by atoms with Crippen molar-refractivity contribution in [3.05, 3.63) is 47.2 Å². The monoisotopic (exact) mass is 379 g/mol. The summed E-state index contributed by atoms with van der Waals surface area (Å²) in [5.74, 6) is 2.99. The van der Waals surface area contributed by atoms with Gasteiger partial charge in [0.1, 0.15) is 5.60 Å². The van der Waals surface area contributed by atoms with E-state index in [-0.39, 0.29) is 5.97 Å². The molecule has 3 heterocycles. The van der Waals surface area contributed by atoms with Crippen molar-refractivity contribution >= 4 is 11.6 Å². The molecule has 28 heavy (non-hydrogen) atoms. The number of rotatable bonds is 4. The zero-order valence-electron chi connectivity index (χ0n) is 16.7. The van der Waals surface area contributed by atoms with Gasteiger partial charge in [-0.3, -0.25) is 10.4 Å². The van der Waals surface area contributed by atoms with E-state index in [4.69, 9.17) is 16.1 Å². The van der Waals surface area contributed by atoms with Crippen molar-refractivity contribution < 1.29 is 9.53 Å². The third-order valence-electron chi connectivity index (χ3n) is 4.72. The molecule has 7 heteroatoms. The Kier molecular flexibility index (Phi) is 4.31. The average molecular weight is 379 g/mol. The molecule has 146 valence electrons. The number of fused-ring (bicyclic) bond motifs is 1. The van der Waals surface area contributed by atoms with Gasteiger partial charge in [-0.25, -0.2) is 9.78 Å². The summed E-state index contributed by atoms with van der Waals surface area (Å²) in [6.45, 7) is 6.03. The Hall–Kier alpha value is -2.98. The normalized spacial score (nSPS) is 17.4. The average Bonchev–Trinajstić information content (AvgIpc) is 3.28. The standard InChI is InChI=1S/C21H25N5O2/c1-6-14-9-16(15-7-8-15)10-25-11-17(22-19(14)25)12-26-13-18(23-24(26)5)20(27)28-21(2,3)4/h1,9-11,13,15,23H,7-8,12H2,2-5H3. The van der Waals surface area contributed by atoms with Gasteiger partial charge in [0.2, 0.25) is 0 Å². The van der Waals surface area contributed by atoms with Gasteiger partial charge in [0.05, 0.1) is 24.0 Å². The lowest BCUT2D eigenvalue weighted by Gasteiger charge is -2.23. The van der Waals surface area contributed by atoms with Gasteiger partial charge in [0.25, 0.3) is 0 Å². The van der Waals surface area contributed by atoms with Gasteiger partial charge < -0.3 is 9.14 Å². The number of ether oxygens (including phenoxy) is 1. The Morgan fingerprint density at radius 3 is 2.79 bits per heavy atom. The molecule has 1 N–H and O–H groups in total. The quantitative estimate of drug-likeness (QED) is 0.651. The summed E-state index contributed by atoms with van der Waals surface area (Å²) in [5.41, 5.74) is 6.59. The SMILES string of the molecule is C#Cc1cc(C2CC2)cn2cc(CN3C=C(C(=O)OC(C)(C)C)NN3C)nc12. The minimum Gasteiger partial charge on any atom is -0.455 e. The van der Waals surface area contributed by atoms with Gasteiger partial charge in [-0.1, -0.05) is 5.92 Å². The summed E-state index contributed by atoms with van der Waals surface area (Å²) in [6, 6.07) is 2.08. The molecule has 2 aromatic heterocycles. The first-order chi connectivity index (χ1) is 13.2. The Morgan fingerprint density at radius 2 is 2.14 bits per heavy atom. The molecule has 0 saturated heterocycles. The molecule has 0 aromatic carbocycles. The maximum Gasteiger partial charge on any atom is 0.357 e. The van der Waals surface area contributed by atoms with Crippen LogP contribution < -0.4 is 5.43 Å². The molecule has 2 aliphatic rings. The van der Waals surface area contributed by atoms with Crippen molar-refractivity contribution in [1.29, 1.82) is 0 Å². The van der Waals surface area contributed by atoms with E-state index in [1.807, 2.05) is 43.4 Å². The van der Waals surface area contributed by atoms with Crippen LogP contribution in [-0.2, 0) is 16.1 Å². The molecule has 7 nitrogen and oxygen atoms in total. The largest absolute Gasteiger partial charge is 0.455 e. The maximum absolute atomic E-state index is 12.3. The molecule has 4 rings (SSSR count). The van der Waals surface area contributed by atoms with Crippen molar-refractivity contribution in [3.8, 4) is 12.3 Å². The van der Waals surface area contributed by atoms with E-state index in [1.165, 1.54) is 18.4 Å². The van der Waals surface area contributed by atoms with Crippen molar-refractivity contribution in [2.75, 3.05) is 7.05 Å². The van der Waals surface area contributed by atoms with Crippen molar-refractivity contribution in [2.45, 2.75) is 51.7 Å². The molecule has 0 bridgehead atoms. The zero-order valence-corrected chi connectivity index (χ0v) is 16.7. The second-order valence-electron chi connectivity index (χ2n) is 8.35. The molecule has 0 atom stereocenters. The number of esters is 1. The predicted molar refractivity (Wildman–Crippen MR) is 105 cm³/mol. The highest BCUT2D eigenvalue weighted by Gasteiger charge is 2.28. The Balaban J connectivity index is 1.56. The molecule has 1 aliphatic heterocycles. The summed E-state index contributed by atoms with van der Waals surface area (Å²) >= 11 is 0. The van der Waals surface area contributed by atoms with Crippen LogP contribution in [0.4, 0.5) is 0 Å². The number of nitrogens with one attached hydrogen (secondary N) is 1. The number of imidazole rings is 1. The maximum atomic E-state index is 12.3. The van der Waals surface area contributed by atoms with Crippen molar-refractivity contribution in [2.24, 2.45) is 0 Å². The fraction of sp³-hybridized carbons (Fsp3) is 0.429. The third-order valence-corrected chi connectivity index (χ3v) is 4.72. The summed E-state index contributed by atoms with van der Waals surface area (Å²) in [4.78, 5) is 17.0. The lowest BCUT2D eigenvalue weighted by atomic mass is 10.1. The van der Waals surface area contributed by atoms with Crippen LogP contribution in [0, 0.1) is 12.3 Å². The van der Waals surface area contributed by atoms with Crippen LogP contribution in [-0.4, -0.2) is 38.1 Å². The van der Waals surface area contributed by atoms with E-state index in [0.29, 0.717) is 18.2 Å². The van der Waals surface area contributed by atoms with Gasteiger partial charge in [0, 0.05) is 19.4 Å². The van der Waals surface area contributed by atoms with Crippen LogP contribution in [0.2, 0.25) is 0 Å². The van der Waals surface area contributed by atoms with Gasteiger partial charge in [-0.2, -0.15) is 0 Å². The molecule has 1 fully saturated rings. The fourth-order valence-corrected chi connectivity index (χ4v) is 3.25. The van der Waals surface area contributed by atoms with Crippen LogP contribution in [0.5, 0.6) is 0 Å². The number of carbonyl (C=O) groups excluding carboxylic acids is 1. The van der Waals surface area contributed by atoms with E-state index in [9.17, 15) is 4.79 Å². The van der Waals surface area contributed by atoms with Crippen molar-refractivity contribution in [1.82, 2.24) is 24.9 Å². The second kappa shape index (κ2) is 6.57. The van der Waals surface area contributed by atoms with Gasteiger partial charge in [-0.15, -0.1) is 11.5 Å². The smallest absolute Gasteiger partial charge is 0.357 e. The van der Waals surface area contributed by atoms with E-state index in [0.717, 1.165) is 16.9 Å². The number of pyridine rings is 1. The molecule has 0 spiro atoms. The molecular weight excluding hydrogens is 354 g/mol. The number of hydrogen-bond donors (Lipinski definition) is 1. The fourth-order valence-electron chi connectivity index (χ4n) is 3.25. The number of aromatic nitrogens is 2. The molecule has 2 aromatic rings. The van der Waals surface area contributed by atoms with E-state index < -0.39 is 5.60 Å². The van der Waals surface area contributed by atoms with Crippen LogP contribution in [0.1, 0.15) is 56.4 Å². The predicted octanol–water partition coefficient (Wildman–Crippen LogP) is 2.54. The summed E-state index contributed by atoms with van der Waals surface area (Å²) < 4.78 is 7.44. The van der Waals surface area contributed by atoms with Gasteiger partial charge >= 0.3 is 5.97 Å². The minimum atomic E-state index is -0.544. The second-order valence-corrected chi connectivity index (χ2v) is 8.35. The van der Waals surface area contributed by atoms with E-state index >= 15 is 0 Å². The first-order valence-corrected chi connectivity index (χ1v) is 9.44. The highest BCUT2D eigenvalue weighted by atomic mass is 16.6. The summed E-state index contributed by atoms with van der Waals surface area (Å²) in [7, 11) is 1.84. The number of hydrazine groups is 2. The van der Waals surface area contributed by atoms with E-state index in [2.05, 4.69) is 23.6 Å². The highest BCUT2D eigenvalue weighted by Crippen LogP contribution is 2.40. The molecule has 0 radical (unpaired) electrons. The van der Waals surface area contributed by atoms with Gasteiger partial charge in [0.15, 0.2) is 11.3 Å². The number of carbonyl (C=O) groups is 1. The number of terminal acetylenes is 1. The number of nitrogens with zero attached hydrogens (tertiary/aromatic N) is 4. The molecule has 1 aliphatic carbocycles. The number of hydrogen-bond acceptors (Lipinski definition) is 6. The van der Waals surface area contributed by atoms with E-state index in [1.54, 1.807) is 11.3 Å². The lowest BCUT2D eigenvalue weighted by molar-refractivity contribution is -0.150. The highest BCUT2D eigenvalue weighted by molar-refractivity contribution is 5.88. The Bertz CT molecular complexity index is 1000. The van der Waals surface area contributed by atoms with Crippen LogP contribution >= 0.6 is 0 Å². The molecule has 1 saturated carbocycles. The summed E-state index contributed by atoms with van der Waals surface area (Å²) in [5, 5.41) is 3.61. The topological polar surface area (TPSA) is 62.1 Å². The molecule has 0 amide bonds. The molecular formula is C21H25N5O2. The minimum absolute atomic E-state index is 0.388. The van der Waals surface area contributed by atoms with Crippen LogP contribution in [0.15, 0.2) is 30.4 Å². The van der Waals surface area contributed by atoms with Crippen LogP contribution in [0.25, 0.3) is 5.65 Å². The van der Waals surface area contributed by atoms with Gasteiger partial charge in [-0.05, 0) is 51.2 Å².